The van der Waals surface area contributed by atoms with E-state index in [0.717, 1.165) is 37.7 Å². The number of carbonyl (C=O) groups excluding carboxylic acids is 1. The highest BCUT2D eigenvalue weighted by Gasteiger charge is 2.39. The summed E-state index contributed by atoms with van der Waals surface area (Å²) in [6, 6.07) is 0. The third-order valence-electron chi connectivity index (χ3n) is 3.89. The lowest BCUT2D eigenvalue weighted by atomic mass is 9.85. The summed E-state index contributed by atoms with van der Waals surface area (Å²) in [6.07, 6.45) is 8.73. The van der Waals surface area contributed by atoms with Gasteiger partial charge in [0.25, 0.3) is 0 Å². The summed E-state index contributed by atoms with van der Waals surface area (Å²) in [5.74, 6) is 0.131. The Labute approximate surface area is 108 Å². The first-order valence-corrected chi connectivity index (χ1v) is 6.62. The van der Waals surface area contributed by atoms with E-state index >= 15 is 0 Å². The Kier molecular flexibility index (Phi) is 4.01. The molecule has 0 aromatic carbocycles. The Hall–Kier alpha value is -1.36. The minimum Gasteiger partial charge on any atom is -0.355 e. The summed E-state index contributed by atoms with van der Waals surface area (Å²) in [5.41, 5.74) is 6.63. The SMILES string of the molecule is Cn1cc(CCNC(=O)C2(CN)CCCC2)cn1. The number of carbonyl (C=O) groups is 1. The van der Waals surface area contributed by atoms with Crippen molar-refractivity contribution >= 4 is 5.91 Å². The third kappa shape index (κ3) is 2.72. The molecule has 3 N–H and O–H groups in total. The van der Waals surface area contributed by atoms with Gasteiger partial charge < -0.3 is 11.1 Å². The molecule has 0 radical (unpaired) electrons. The monoisotopic (exact) mass is 250 g/mol. The lowest BCUT2D eigenvalue weighted by Crippen LogP contribution is -2.44. The molecule has 0 spiro atoms. The van der Waals surface area contributed by atoms with Gasteiger partial charge in [-0.1, -0.05) is 12.8 Å². The van der Waals surface area contributed by atoms with E-state index in [1.807, 2.05) is 19.4 Å². The number of nitrogens with zero attached hydrogens (tertiary/aromatic N) is 2. The lowest BCUT2D eigenvalue weighted by molar-refractivity contribution is -0.130. The number of rotatable bonds is 5. The van der Waals surface area contributed by atoms with E-state index in [9.17, 15) is 4.79 Å². The van der Waals surface area contributed by atoms with Crippen molar-refractivity contribution in [3.63, 3.8) is 0 Å². The van der Waals surface area contributed by atoms with Gasteiger partial charge in [0.05, 0.1) is 11.6 Å². The lowest BCUT2D eigenvalue weighted by Gasteiger charge is -2.25. The molecule has 0 aliphatic heterocycles. The normalized spacial score (nSPS) is 17.9. The van der Waals surface area contributed by atoms with Crippen LogP contribution in [-0.2, 0) is 18.3 Å². The molecule has 1 amide bonds. The van der Waals surface area contributed by atoms with E-state index in [2.05, 4.69) is 10.4 Å². The molecular formula is C13H22N4O. The van der Waals surface area contributed by atoms with Crippen LogP contribution in [0.4, 0.5) is 0 Å². The molecule has 0 atom stereocenters. The van der Waals surface area contributed by atoms with Gasteiger partial charge in [-0.05, 0) is 24.8 Å². The molecule has 0 bridgehead atoms. The fourth-order valence-corrected chi connectivity index (χ4v) is 2.68. The fourth-order valence-electron chi connectivity index (χ4n) is 2.68. The van der Waals surface area contributed by atoms with Crippen LogP contribution in [0.2, 0.25) is 0 Å². The molecule has 100 valence electrons. The van der Waals surface area contributed by atoms with Gasteiger partial charge in [0, 0.05) is 26.3 Å². The van der Waals surface area contributed by atoms with Crippen LogP contribution in [0, 0.1) is 5.41 Å². The summed E-state index contributed by atoms with van der Waals surface area (Å²) in [5, 5.41) is 7.12. The Morgan fingerprint density at radius 3 is 2.83 bits per heavy atom. The van der Waals surface area contributed by atoms with Crippen LogP contribution in [0.15, 0.2) is 12.4 Å². The van der Waals surface area contributed by atoms with Gasteiger partial charge >= 0.3 is 0 Å². The number of hydrogen-bond acceptors (Lipinski definition) is 3. The number of amides is 1. The summed E-state index contributed by atoms with van der Waals surface area (Å²) in [4.78, 5) is 12.2. The van der Waals surface area contributed by atoms with Crippen molar-refractivity contribution in [2.75, 3.05) is 13.1 Å². The highest BCUT2D eigenvalue weighted by Crippen LogP contribution is 2.37. The van der Waals surface area contributed by atoms with Crippen molar-refractivity contribution in [3.05, 3.63) is 18.0 Å². The molecule has 5 heteroatoms. The second-order valence-electron chi connectivity index (χ2n) is 5.22. The zero-order valence-corrected chi connectivity index (χ0v) is 11.0. The smallest absolute Gasteiger partial charge is 0.227 e. The highest BCUT2D eigenvalue weighted by molar-refractivity contribution is 5.83. The van der Waals surface area contributed by atoms with Crippen LogP contribution < -0.4 is 11.1 Å². The Morgan fingerprint density at radius 2 is 2.28 bits per heavy atom. The molecule has 1 aliphatic rings. The molecule has 1 saturated carbocycles. The van der Waals surface area contributed by atoms with Gasteiger partial charge in [0.15, 0.2) is 0 Å². The first-order valence-electron chi connectivity index (χ1n) is 6.62. The van der Waals surface area contributed by atoms with Gasteiger partial charge in [-0.25, -0.2) is 0 Å². The number of hydrogen-bond donors (Lipinski definition) is 2. The van der Waals surface area contributed by atoms with Crippen LogP contribution in [-0.4, -0.2) is 28.8 Å². The predicted molar refractivity (Wildman–Crippen MR) is 69.9 cm³/mol. The Morgan fingerprint density at radius 1 is 1.56 bits per heavy atom. The molecule has 18 heavy (non-hydrogen) atoms. The second-order valence-corrected chi connectivity index (χ2v) is 5.22. The zero-order valence-electron chi connectivity index (χ0n) is 11.0. The quantitative estimate of drug-likeness (QED) is 0.803. The molecular weight excluding hydrogens is 228 g/mol. The van der Waals surface area contributed by atoms with E-state index in [1.54, 1.807) is 4.68 Å². The van der Waals surface area contributed by atoms with Crippen LogP contribution in [0.1, 0.15) is 31.2 Å². The minimum absolute atomic E-state index is 0.131. The summed E-state index contributed by atoms with van der Waals surface area (Å²) < 4.78 is 1.77. The van der Waals surface area contributed by atoms with E-state index in [4.69, 9.17) is 5.73 Å². The van der Waals surface area contributed by atoms with Crippen molar-refractivity contribution in [2.24, 2.45) is 18.2 Å². The van der Waals surface area contributed by atoms with Crippen LogP contribution in [0.25, 0.3) is 0 Å². The van der Waals surface area contributed by atoms with Crippen molar-refractivity contribution in [3.8, 4) is 0 Å². The van der Waals surface area contributed by atoms with Gasteiger partial charge in [0.2, 0.25) is 5.91 Å². The molecule has 2 rings (SSSR count). The number of aryl methyl sites for hydroxylation is 1. The average Bonchev–Trinajstić information content (AvgIpc) is 2.99. The third-order valence-corrected chi connectivity index (χ3v) is 3.89. The van der Waals surface area contributed by atoms with Crippen molar-refractivity contribution < 1.29 is 4.79 Å². The average molecular weight is 250 g/mol. The standard InChI is InChI=1S/C13H22N4O/c1-17-9-11(8-16-17)4-7-15-12(18)13(10-14)5-2-3-6-13/h8-9H,2-7,10,14H2,1H3,(H,15,18). The number of nitrogens with two attached hydrogens (primary N) is 1. The fraction of sp³-hybridized carbons (Fsp3) is 0.692. The van der Waals surface area contributed by atoms with E-state index in [0.29, 0.717) is 13.1 Å². The first kappa shape index (κ1) is 13.1. The zero-order chi connectivity index (χ0) is 13.0. The summed E-state index contributed by atoms with van der Waals surface area (Å²) >= 11 is 0. The molecule has 1 heterocycles. The summed E-state index contributed by atoms with van der Waals surface area (Å²) in [6.45, 7) is 1.12. The number of aromatic nitrogens is 2. The van der Waals surface area contributed by atoms with Gasteiger partial charge in [-0.3, -0.25) is 9.48 Å². The molecule has 0 unspecified atom stereocenters. The largest absolute Gasteiger partial charge is 0.355 e. The van der Waals surface area contributed by atoms with Gasteiger partial charge in [0.1, 0.15) is 0 Å². The highest BCUT2D eigenvalue weighted by atomic mass is 16.2. The van der Waals surface area contributed by atoms with Crippen LogP contribution in [0.3, 0.4) is 0 Å². The summed E-state index contributed by atoms with van der Waals surface area (Å²) in [7, 11) is 1.89. The van der Waals surface area contributed by atoms with Crippen LogP contribution >= 0.6 is 0 Å². The maximum absolute atomic E-state index is 12.2. The van der Waals surface area contributed by atoms with Crippen molar-refractivity contribution in [1.82, 2.24) is 15.1 Å². The number of nitrogens with one attached hydrogen (secondary N) is 1. The van der Waals surface area contributed by atoms with E-state index in [-0.39, 0.29) is 11.3 Å². The molecule has 1 aliphatic carbocycles. The molecule has 1 fully saturated rings. The predicted octanol–water partition coefficient (Wildman–Crippen LogP) is 0.598. The Balaban J connectivity index is 1.81. The second kappa shape index (κ2) is 5.52. The molecule has 5 nitrogen and oxygen atoms in total. The Bertz CT molecular complexity index is 407. The van der Waals surface area contributed by atoms with Gasteiger partial charge in [-0.15, -0.1) is 0 Å². The maximum Gasteiger partial charge on any atom is 0.227 e. The maximum atomic E-state index is 12.2. The first-order chi connectivity index (χ1) is 8.66. The molecule has 1 aromatic heterocycles. The van der Waals surface area contributed by atoms with Crippen LogP contribution in [0.5, 0.6) is 0 Å². The van der Waals surface area contributed by atoms with Crippen molar-refractivity contribution in [1.29, 1.82) is 0 Å². The van der Waals surface area contributed by atoms with E-state index in [1.165, 1.54) is 0 Å². The van der Waals surface area contributed by atoms with Gasteiger partial charge in [-0.2, -0.15) is 5.10 Å². The topological polar surface area (TPSA) is 72.9 Å². The van der Waals surface area contributed by atoms with Crippen molar-refractivity contribution in [2.45, 2.75) is 32.1 Å². The molecule has 0 saturated heterocycles. The molecule has 1 aromatic rings. The van der Waals surface area contributed by atoms with E-state index < -0.39 is 0 Å². The minimum atomic E-state index is -0.297.